The van der Waals surface area contributed by atoms with E-state index < -0.39 is 17.1 Å². The molecule has 1 saturated heterocycles. The van der Waals surface area contributed by atoms with Crippen molar-refractivity contribution in [2.45, 2.75) is 37.4 Å². The average molecular weight is 230 g/mol. The number of hydrogen-bond acceptors (Lipinski definition) is 1. The largest absolute Gasteiger partial charge is 0.425 e. The summed E-state index contributed by atoms with van der Waals surface area (Å²) in [6.45, 7) is 1.62. The first kappa shape index (κ1) is 11.6. The molecule has 6 heteroatoms. The first-order valence-electron chi connectivity index (χ1n) is 4.39. The van der Waals surface area contributed by atoms with Gasteiger partial charge in [-0.3, -0.25) is 4.79 Å². The fourth-order valence-electron chi connectivity index (χ4n) is 1.59. The van der Waals surface area contributed by atoms with Crippen LogP contribution in [-0.4, -0.2) is 28.5 Å². The van der Waals surface area contributed by atoms with Gasteiger partial charge in [0.25, 0.3) is 0 Å². The third-order valence-corrected chi connectivity index (χ3v) is 2.96. The molecular formula is C8H11ClF3NO. The molecule has 1 aliphatic rings. The zero-order chi connectivity index (χ0) is 11.0. The summed E-state index contributed by atoms with van der Waals surface area (Å²) in [7, 11) is 0. The monoisotopic (exact) mass is 229 g/mol. The van der Waals surface area contributed by atoms with E-state index in [1.807, 2.05) is 0 Å². The number of alkyl halides is 4. The molecule has 14 heavy (non-hydrogen) atoms. The number of nitrogens with zero attached hydrogens (tertiary/aromatic N) is 1. The van der Waals surface area contributed by atoms with Crippen LogP contribution in [0.5, 0.6) is 0 Å². The Morgan fingerprint density at radius 2 is 2.14 bits per heavy atom. The Balaban J connectivity index is 2.92. The van der Waals surface area contributed by atoms with Gasteiger partial charge in [0.05, 0.1) is 0 Å². The van der Waals surface area contributed by atoms with Gasteiger partial charge in [0.2, 0.25) is 10.9 Å². The molecule has 1 heterocycles. The molecule has 1 rings (SSSR count). The van der Waals surface area contributed by atoms with E-state index in [2.05, 4.69) is 0 Å². The van der Waals surface area contributed by atoms with Crippen LogP contribution in [0.1, 0.15) is 26.2 Å². The smallest absolute Gasteiger partial charge is 0.316 e. The molecular weight excluding hydrogens is 219 g/mol. The van der Waals surface area contributed by atoms with Crippen LogP contribution in [0.3, 0.4) is 0 Å². The molecule has 0 bridgehead atoms. The average Bonchev–Trinajstić information content (AvgIpc) is 2.46. The van der Waals surface area contributed by atoms with E-state index in [9.17, 15) is 18.0 Å². The van der Waals surface area contributed by atoms with E-state index >= 15 is 0 Å². The molecule has 0 aromatic heterocycles. The van der Waals surface area contributed by atoms with Crippen LogP contribution in [0.4, 0.5) is 13.2 Å². The lowest BCUT2D eigenvalue weighted by Gasteiger charge is -2.34. The number of hydrogen-bond donors (Lipinski definition) is 0. The van der Waals surface area contributed by atoms with E-state index in [1.54, 1.807) is 0 Å². The molecule has 82 valence electrons. The zero-order valence-corrected chi connectivity index (χ0v) is 8.45. The second-order valence-electron chi connectivity index (χ2n) is 3.26. The van der Waals surface area contributed by atoms with Gasteiger partial charge < -0.3 is 4.90 Å². The van der Waals surface area contributed by atoms with Gasteiger partial charge in [0.15, 0.2) is 0 Å². The first-order valence-corrected chi connectivity index (χ1v) is 4.77. The maximum atomic E-state index is 12.6. The normalized spacial score (nSPS) is 28.2. The fourth-order valence-corrected chi connectivity index (χ4v) is 1.90. The molecule has 1 aliphatic heterocycles. The van der Waals surface area contributed by atoms with Gasteiger partial charge in [0.1, 0.15) is 0 Å². The topological polar surface area (TPSA) is 20.3 Å². The van der Waals surface area contributed by atoms with Crippen molar-refractivity contribution in [1.82, 2.24) is 4.90 Å². The molecule has 0 aliphatic carbocycles. The van der Waals surface area contributed by atoms with Crippen molar-refractivity contribution in [2.75, 3.05) is 6.54 Å². The summed E-state index contributed by atoms with van der Waals surface area (Å²) < 4.78 is 37.7. The lowest BCUT2D eigenvalue weighted by molar-refractivity contribution is -0.196. The van der Waals surface area contributed by atoms with Gasteiger partial charge in [-0.15, -0.1) is 0 Å². The summed E-state index contributed by atoms with van der Waals surface area (Å²) in [5.74, 6) is -0.546. The summed E-state index contributed by atoms with van der Waals surface area (Å²) in [4.78, 5) is 9.48. The molecule has 0 aromatic rings. The van der Waals surface area contributed by atoms with Gasteiger partial charge in [-0.1, -0.05) is 18.5 Å². The van der Waals surface area contributed by atoms with Crippen molar-refractivity contribution in [2.24, 2.45) is 0 Å². The van der Waals surface area contributed by atoms with Crippen molar-refractivity contribution in [3.8, 4) is 0 Å². The quantitative estimate of drug-likeness (QED) is 0.500. The van der Waals surface area contributed by atoms with Gasteiger partial charge in [-0.05, 0) is 12.8 Å². The Hall–Kier alpha value is -0.450. The predicted octanol–water partition coefficient (Wildman–Crippen LogP) is 2.52. The summed E-state index contributed by atoms with van der Waals surface area (Å²) in [5, 5.41) is 0. The van der Waals surface area contributed by atoms with E-state index in [1.165, 1.54) is 6.92 Å². The Labute approximate surface area is 85.0 Å². The SMILES string of the molecule is CCC(=O)N1CCCC1(Cl)C(F)(F)F. The van der Waals surface area contributed by atoms with Crippen LogP contribution < -0.4 is 0 Å². The third kappa shape index (κ3) is 1.69. The minimum absolute atomic E-state index is 0.0462. The Morgan fingerprint density at radius 1 is 1.57 bits per heavy atom. The number of carbonyl (C=O) groups excluding carboxylic acids is 1. The molecule has 0 spiro atoms. The highest BCUT2D eigenvalue weighted by Crippen LogP contribution is 2.46. The van der Waals surface area contributed by atoms with Gasteiger partial charge in [-0.2, -0.15) is 13.2 Å². The first-order chi connectivity index (χ1) is 6.33. The maximum absolute atomic E-state index is 12.6. The van der Waals surface area contributed by atoms with Crippen molar-refractivity contribution < 1.29 is 18.0 Å². The number of amides is 1. The molecule has 1 fully saturated rings. The van der Waals surface area contributed by atoms with E-state index in [-0.39, 0.29) is 19.4 Å². The maximum Gasteiger partial charge on any atom is 0.425 e. The summed E-state index contributed by atoms with van der Waals surface area (Å²) in [6, 6.07) is 0. The van der Waals surface area contributed by atoms with Crippen molar-refractivity contribution in [1.29, 1.82) is 0 Å². The standard InChI is InChI=1S/C8H11ClF3NO/c1-2-6(14)13-5-3-4-7(13,9)8(10,11)12/h2-5H2,1H3. The summed E-state index contributed by atoms with van der Waals surface area (Å²) in [6.07, 6.45) is -4.43. The van der Waals surface area contributed by atoms with Crippen LogP contribution in [0, 0.1) is 0 Å². The minimum atomic E-state index is -4.56. The highest BCUT2D eigenvalue weighted by Gasteiger charge is 2.60. The van der Waals surface area contributed by atoms with Crippen LogP contribution in [0.15, 0.2) is 0 Å². The highest BCUT2D eigenvalue weighted by molar-refractivity contribution is 6.25. The van der Waals surface area contributed by atoms with Crippen LogP contribution in [0.25, 0.3) is 0 Å². The van der Waals surface area contributed by atoms with Crippen LogP contribution >= 0.6 is 11.6 Å². The van der Waals surface area contributed by atoms with E-state index in [0.29, 0.717) is 6.42 Å². The third-order valence-electron chi connectivity index (χ3n) is 2.36. The number of carbonyl (C=O) groups is 1. The molecule has 1 amide bonds. The van der Waals surface area contributed by atoms with Gasteiger partial charge in [-0.25, -0.2) is 0 Å². The number of likely N-dealkylation sites (tertiary alicyclic amines) is 1. The molecule has 1 unspecified atom stereocenters. The molecule has 2 nitrogen and oxygen atoms in total. The van der Waals surface area contributed by atoms with Crippen molar-refractivity contribution in [3.05, 3.63) is 0 Å². The summed E-state index contributed by atoms with van der Waals surface area (Å²) in [5.41, 5.74) is 0. The predicted molar refractivity (Wildman–Crippen MR) is 45.9 cm³/mol. The van der Waals surface area contributed by atoms with Crippen molar-refractivity contribution in [3.63, 3.8) is 0 Å². The van der Waals surface area contributed by atoms with E-state index in [0.717, 1.165) is 4.90 Å². The van der Waals surface area contributed by atoms with Gasteiger partial charge in [0, 0.05) is 13.0 Å². The van der Waals surface area contributed by atoms with Gasteiger partial charge >= 0.3 is 6.18 Å². The minimum Gasteiger partial charge on any atom is -0.316 e. The zero-order valence-electron chi connectivity index (χ0n) is 7.70. The lowest BCUT2D eigenvalue weighted by atomic mass is 10.2. The summed E-state index contributed by atoms with van der Waals surface area (Å²) >= 11 is 5.47. The second kappa shape index (κ2) is 3.61. The lowest BCUT2D eigenvalue weighted by Crippen LogP contribution is -2.52. The molecule has 0 radical (unpaired) electrons. The number of halogens is 4. The fraction of sp³-hybridized carbons (Fsp3) is 0.875. The molecule has 1 atom stereocenters. The van der Waals surface area contributed by atoms with Crippen molar-refractivity contribution >= 4 is 17.5 Å². The number of rotatable bonds is 1. The Morgan fingerprint density at radius 3 is 2.57 bits per heavy atom. The highest BCUT2D eigenvalue weighted by atomic mass is 35.5. The second-order valence-corrected chi connectivity index (χ2v) is 3.88. The Bertz CT molecular complexity index is 243. The molecule has 0 saturated carbocycles. The van der Waals surface area contributed by atoms with Crippen LogP contribution in [0.2, 0.25) is 0 Å². The molecule has 0 N–H and O–H groups in total. The Kier molecular flexibility index (Phi) is 2.99. The van der Waals surface area contributed by atoms with Crippen LogP contribution in [-0.2, 0) is 4.79 Å². The molecule has 0 aromatic carbocycles. The van der Waals surface area contributed by atoms with E-state index in [4.69, 9.17) is 11.6 Å².